The Bertz CT molecular complexity index is 773. The summed E-state index contributed by atoms with van der Waals surface area (Å²) in [5, 5.41) is 7.77. The number of halogens is 1. The van der Waals surface area contributed by atoms with Crippen molar-refractivity contribution in [2.75, 3.05) is 33.7 Å². The molecule has 29 heavy (non-hydrogen) atoms. The van der Waals surface area contributed by atoms with Crippen LogP contribution in [0.4, 0.5) is 0 Å². The normalized spacial score (nSPS) is 16.0. The summed E-state index contributed by atoms with van der Waals surface area (Å²) in [6, 6.07) is 0. The maximum atomic E-state index is 5.72. The number of aliphatic imine (C=N–C) groups is 1. The lowest BCUT2D eigenvalue weighted by molar-refractivity contribution is 0.163. The quantitative estimate of drug-likeness (QED) is 0.362. The number of hydrogen-bond acceptors (Lipinski definition) is 5. The molecular weight excluding hydrogens is 481 g/mol. The molecule has 1 aliphatic rings. The Hall–Kier alpha value is -1.62. The number of nitrogens with one attached hydrogen (secondary N) is 1. The first kappa shape index (κ1) is 23.7. The van der Waals surface area contributed by atoms with Gasteiger partial charge in [0, 0.05) is 46.0 Å². The average Bonchev–Trinajstić information content (AvgIpc) is 3.21. The number of guanidine groups is 1. The SMILES string of the molecule is CN=C(NCC1CCN(Cc2nc(C)c(C)o2)CC1)N(C)Cc1cnn(C)c1.I. The predicted molar refractivity (Wildman–Crippen MR) is 125 cm³/mol. The summed E-state index contributed by atoms with van der Waals surface area (Å²) in [5.41, 5.74) is 2.18. The Morgan fingerprint density at radius 3 is 2.62 bits per heavy atom. The topological polar surface area (TPSA) is 74.7 Å². The van der Waals surface area contributed by atoms with Gasteiger partial charge in [0.05, 0.1) is 18.4 Å². The van der Waals surface area contributed by atoms with Gasteiger partial charge in [0.15, 0.2) is 5.96 Å². The van der Waals surface area contributed by atoms with Crippen LogP contribution in [0.1, 0.15) is 35.7 Å². The number of likely N-dealkylation sites (tertiary alicyclic amines) is 1. The number of rotatable bonds is 6. The summed E-state index contributed by atoms with van der Waals surface area (Å²) < 4.78 is 7.55. The molecule has 0 amide bonds. The number of nitrogens with zero attached hydrogens (tertiary/aromatic N) is 6. The van der Waals surface area contributed by atoms with Crippen LogP contribution in [0.5, 0.6) is 0 Å². The molecule has 8 nitrogen and oxygen atoms in total. The highest BCUT2D eigenvalue weighted by Gasteiger charge is 2.21. The lowest BCUT2D eigenvalue weighted by Crippen LogP contribution is -2.43. The first-order valence-electron chi connectivity index (χ1n) is 9.99. The minimum atomic E-state index is 0. The third kappa shape index (κ3) is 6.70. The molecule has 1 saturated heterocycles. The van der Waals surface area contributed by atoms with Gasteiger partial charge in [0.25, 0.3) is 0 Å². The van der Waals surface area contributed by atoms with Crippen LogP contribution in [0, 0.1) is 19.8 Å². The fourth-order valence-electron chi connectivity index (χ4n) is 3.67. The molecule has 0 bridgehead atoms. The van der Waals surface area contributed by atoms with Crippen LogP contribution in [0.2, 0.25) is 0 Å². The first-order chi connectivity index (χ1) is 13.4. The van der Waals surface area contributed by atoms with Crippen LogP contribution in [0.3, 0.4) is 0 Å². The van der Waals surface area contributed by atoms with Crippen LogP contribution < -0.4 is 5.32 Å². The fraction of sp³-hybridized carbons (Fsp3) is 0.650. The van der Waals surface area contributed by atoms with Gasteiger partial charge in [0.1, 0.15) is 5.76 Å². The van der Waals surface area contributed by atoms with E-state index in [0.717, 1.165) is 56.0 Å². The van der Waals surface area contributed by atoms with Gasteiger partial charge < -0.3 is 14.6 Å². The van der Waals surface area contributed by atoms with Gasteiger partial charge in [-0.15, -0.1) is 24.0 Å². The fourth-order valence-corrected chi connectivity index (χ4v) is 3.67. The third-order valence-corrected chi connectivity index (χ3v) is 5.44. The predicted octanol–water partition coefficient (Wildman–Crippen LogP) is 2.56. The molecule has 0 spiro atoms. The molecule has 0 saturated carbocycles. The first-order valence-corrected chi connectivity index (χ1v) is 9.99. The molecule has 0 unspecified atom stereocenters. The molecule has 2 aromatic rings. The molecule has 0 radical (unpaired) electrons. The highest BCUT2D eigenvalue weighted by molar-refractivity contribution is 14.0. The number of piperidine rings is 1. The smallest absolute Gasteiger partial charge is 0.208 e. The summed E-state index contributed by atoms with van der Waals surface area (Å²) in [6.45, 7) is 8.69. The molecular formula is C20H34IN7O. The highest BCUT2D eigenvalue weighted by atomic mass is 127. The minimum absolute atomic E-state index is 0. The van der Waals surface area contributed by atoms with Crippen molar-refractivity contribution in [1.29, 1.82) is 0 Å². The van der Waals surface area contributed by atoms with Gasteiger partial charge in [-0.25, -0.2) is 4.98 Å². The third-order valence-electron chi connectivity index (χ3n) is 5.44. The average molecular weight is 515 g/mol. The van der Waals surface area contributed by atoms with Crippen LogP contribution in [-0.2, 0) is 20.1 Å². The van der Waals surface area contributed by atoms with Crippen molar-refractivity contribution < 1.29 is 4.42 Å². The van der Waals surface area contributed by atoms with Crippen molar-refractivity contribution in [3.05, 3.63) is 35.3 Å². The second-order valence-electron chi connectivity index (χ2n) is 7.78. The van der Waals surface area contributed by atoms with Crippen molar-refractivity contribution in [2.24, 2.45) is 18.0 Å². The van der Waals surface area contributed by atoms with Crippen molar-refractivity contribution in [3.8, 4) is 0 Å². The number of hydrogen-bond donors (Lipinski definition) is 1. The van der Waals surface area contributed by atoms with Crippen molar-refractivity contribution in [2.45, 2.75) is 39.8 Å². The van der Waals surface area contributed by atoms with Crippen molar-refractivity contribution in [1.82, 2.24) is 29.9 Å². The standard InChI is InChI=1S/C20H33N7O.HI/c1-15-16(2)28-19(24-15)14-27-8-6-17(7-9-27)10-22-20(21-3)25(4)12-18-11-23-26(5)13-18;/h11,13,17H,6-10,12,14H2,1-5H3,(H,21,22);1H. The number of aryl methyl sites for hydroxylation is 3. The second kappa shape index (κ2) is 11.0. The van der Waals surface area contributed by atoms with Crippen molar-refractivity contribution >= 4 is 29.9 Å². The zero-order valence-corrected chi connectivity index (χ0v) is 20.5. The van der Waals surface area contributed by atoms with E-state index < -0.39 is 0 Å². The molecule has 0 aliphatic carbocycles. The monoisotopic (exact) mass is 515 g/mol. The minimum Gasteiger partial charge on any atom is -0.444 e. The van der Waals surface area contributed by atoms with Gasteiger partial charge >= 0.3 is 0 Å². The molecule has 1 N–H and O–H groups in total. The molecule has 9 heteroatoms. The van der Waals surface area contributed by atoms with Gasteiger partial charge in [-0.05, 0) is 45.7 Å². The van der Waals surface area contributed by atoms with E-state index in [1.807, 2.05) is 45.0 Å². The van der Waals surface area contributed by atoms with Crippen LogP contribution in [0.15, 0.2) is 21.8 Å². The molecule has 2 aromatic heterocycles. The molecule has 1 aliphatic heterocycles. The largest absolute Gasteiger partial charge is 0.444 e. The molecule has 1 fully saturated rings. The Kier molecular flexibility index (Phi) is 8.94. The summed E-state index contributed by atoms with van der Waals surface area (Å²) >= 11 is 0. The van der Waals surface area contributed by atoms with E-state index in [-0.39, 0.29) is 24.0 Å². The van der Waals surface area contributed by atoms with E-state index in [1.54, 1.807) is 0 Å². The van der Waals surface area contributed by atoms with E-state index >= 15 is 0 Å². The van der Waals surface area contributed by atoms with Crippen molar-refractivity contribution in [3.63, 3.8) is 0 Å². The summed E-state index contributed by atoms with van der Waals surface area (Å²) in [5.74, 6) is 3.35. The number of aromatic nitrogens is 3. The van der Waals surface area contributed by atoms with Gasteiger partial charge in [-0.3, -0.25) is 14.6 Å². The molecule has 0 atom stereocenters. The van der Waals surface area contributed by atoms with Crippen LogP contribution in [-0.4, -0.2) is 64.3 Å². The van der Waals surface area contributed by atoms with Crippen LogP contribution in [0.25, 0.3) is 0 Å². The van der Waals surface area contributed by atoms with Crippen LogP contribution >= 0.6 is 24.0 Å². The van der Waals surface area contributed by atoms with Gasteiger partial charge in [-0.2, -0.15) is 5.10 Å². The maximum Gasteiger partial charge on any atom is 0.208 e. The highest BCUT2D eigenvalue weighted by Crippen LogP contribution is 2.19. The Morgan fingerprint density at radius 1 is 1.34 bits per heavy atom. The zero-order valence-electron chi connectivity index (χ0n) is 18.2. The van der Waals surface area contributed by atoms with Gasteiger partial charge in [-0.1, -0.05) is 0 Å². The summed E-state index contributed by atoms with van der Waals surface area (Å²) in [6.07, 6.45) is 6.29. The van der Waals surface area contributed by atoms with E-state index in [0.29, 0.717) is 5.92 Å². The molecule has 3 rings (SSSR count). The molecule has 162 valence electrons. The second-order valence-corrected chi connectivity index (χ2v) is 7.78. The summed E-state index contributed by atoms with van der Waals surface area (Å²) in [4.78, 5) is 13.5. The molecule has 3 heterocycles. The summed E-state index contributed by atoms with van der Waals surface area (Å²) in [7, 11) is 5.84. The lowest BCUT2D eigenvalue weighted by atomic mass is 9.97. The number of oxazole rings is 1. The molecule has 0 aromatic carbocycles. The Balaban J connectivity index is 0.00000300. The van der Waals surface area contributed by atoms with E-state index in [1.165, 1.54) is 18.4 Å². The Morgan fingerprint density at radius 2 is 2.07 bits per heavy atom. The maximum absolute atomic E-state index is 5.72. The zero-order chi connectivity index (χ0) is 20.1. The van der Waals surface area contributed by atoms with Gasteiger partial charge in [0.2, 0.25) is 5.89 Å². The van der Waals surface area contributed by atoms with E-state index in [9.17, 15) is 0 Å². The van der Waals surface area contributed by atoms with E-state index in [4.69, 9.17) is 4.42 Å². The Labute approximate surface area is 190 Å². The lowest BCUT2D eigenvalue weighted by Gasteiger charge is -2.32. The van der Waals surface area contributed by atoms with E-state index in [2.05, 4.69) is 37.2 Å².